The minimum atomic E-state index is -1.25. The van der Waals surface area contributed by atoms with E-state index < -0.39 is 27.6 Å². The zero-order valence-corrected chi connectivity index (χ0v) is 21.9. The molecule has 0 aromatic carbocycles. The number of carboxylic acids is 1. The van der Waals surface area contributed by atoms with Gasteiger partial charge in [-0.25, -0.2) is 0 Å². The summed E-state index contributed by atoms with van der Waals surface area (Å²) >= 11 is 0. The van der Waals surface area contributed by atoms with Crippen LogP contribution in [0.2, 0.25) is 0 Å². The van der Waals surface area contributed by atoms with Gasteiger partial charge in [0.25, 0.3) is 0 Å². The molecule has 0 aliphatic heterocycles. The Balaban J connectivity index is 2.26. The van der Waals surface area contributed by atoms with E-state index in [4.69, 9.17) is 0 Å². The van der Waals surface area contributed by atoms with Gasteiger partial charge in [0.15, 0.2) is 0 Å². The van der Waals surface area contributed by atoms with Gasteiger partial charge in [0.1, 0.15) is 0 Å². The summed E-state index contributed by atoms with van der Waals surface area (Å²) in [5, 5.41) is 10.6. The summed E-state index contributed by atoms with van der Waals surface area (Å²) in [7, 11) is 0. The van der Waals surface area contributed by atoms with Gasteiger partial charge in [-0.15, -0.1) is 0 Å². The number of carboxylic acid groups (broad SMARTS) is 1. The van der Waals surface area contributed by atoms with E-state index >= 15 is 0 Å². The summed E-state index contributed by atoms with van der Waals surface area (Å²) in [6.07, 6.45) is 1.66. The largest absolute Gasteiger partial charge is 0.481 e. The molecule has 34 heavy (non-hydrogen) atoms. The second-order valence-corrected chi connectivity index (χ2v) is 10.9. The molecular formula is C26H43N3O5. The van der Waals surface area contributed by atoms with Gasteiger partial charge in [-0.05, 0) is 80.1 Å². The predicted octanol–water partition coefficient (Wildman–Crippen LogP) is 3.00. The SMILES string of the molecule is CCN(CC)C(=O)C12CC3(C(=O)O)CC(C(=O)N(CC)CC)(C1)CC(C(=O)N(CC)CC)(C3)C2. The Bertz CT molecular complexity index is 738. The van der Waals surface area contributed by atoms with Crippen molar-refractivity contribution in [3.63, 3.8) is 0 Å². The molecule has 3 amide bonds. The van der Waals surface area contributed by atoms with Crippen molar-refractivity contribution >= 4 is 23.7 Å². The molecule has 0 aromatic rings. The lowest BCUT2D eigenvalue weighted by Crippen LogP contribution is -2.71. The first kappa shape index (κ1) is 26.5. The summed E-state index contributed by atoms with van der Waals surface area (Å²) < 4.78 is 0. The van der Waals surface area contributed by atoms with Crippen molar-refractivity contribution in [1.82, 2.24) is 14.7 Å². The number of amides is 3. The number of nitrogens with zero attached hydrogens (tertiary/aromatic N) is 3. The van der Waals surface area contributed by atoms with Gasteiger partial charge in [-0.3, -0.25) is 19.2 Å². The maximum absolute atomic E-state index is 14.1. The number of rotatable bonds is 10. The summed E-state index contributed by atoms with van der Waals surface area (Å²) in [5.41, 5.74) is -4.27. The Kier molecular flexibility index (Phi) is 7.13. The molecule has 4 fully saturated rings. The Morgan fingerprint density at radius 3 is 0.882 bits per heavy atom. The molecule has 0 atom stereocenters. The van der Waals surface area contributed by atoms with Crippen LogP contribution in [0.4, 0.5) is 0 Å². The molecule has 0 heterocycles. The van der Waals surface area contributed by atoms with Crippen molar-refractivity contribution in [3.8, 4) is 0 Å². The molecule has 0 unspecified atom stereocenters. The first-order valence-corrected chi connectivity index (χ1v) is 13.1. The first-order chi connectivity index (χ1) is 16.0. The first-order valence-electron chi connectivity index (χ1n) is 13.1. The van der Waals surface area contributed by atoms with Crippen LogP contribution in [0.25, 0.3) is 0 Å². The fourth-order valence-corrected chi connectivity index (χ4v) is 8.08. The van der Waals surface area contributed by atoms with Crippen LogP contribution in [0.3, 0.4) is 0 Å². The number of hydrogen-bond donors (Lipinski definition) is 1. The second kappa shape index (κ2) is 9.15. The Labute approximate surface area is 204 Å². The highest BCUT2D eigenvalue weighted by molar-refractivity contribution is 5.95. The molecule has 4 saturated carbocycles. The van der Waals surface area contributed by atoms with Crippen LogP contribution in [0.5, 0.6) is 0 Å². The third kappa shape index (κ3) is 3.72. The van der Waals surface area contributed by atoms with Gasteiger partial charge in [-0.2, -0.15) is 0 Å². The molecule has 8 heteroatoms. The smallest absolute Gasteiger partial charge is 0.309 e. The standard InChI is InChI=1S/C26H43N3O5/c1-7-27(8-2)19(30)23-13-24(20(31)28(9-3)10-4)15-25(14-23,21(32)29(11-5)12-6)18-26(16-23,17-24)22(33)34/h7-18H2,1-6H3,(H,33,34). The van der Waals surface area contributed by atoms with Gasteiger partial charge in [-0.1, -0.05) is 0 Å². The Hall–Kier alpha value is -2.12. The van der Waals surface area contributed by atoms with E-state index in [1.165, 1.54) is 0 Å². The quantitative estimate of drug-likeness (QED) is 0.522. The van der Waals surface area contributed by atoms with Gasteiger partial charge in [0, 0.05) is 39.3 Å². The Morgan fingerprint density at radius 2 is 0.706 bits per heavy atom. The molecule has 0 spiro atoms. The van der Waals surface area contributed by atoms with E-state index in [0.717, 1.165) is 0 Å². The van der Waals surface area contributed by atoms with Crippen molar-refractivity contribution < 1.29 is 24.3 Å². The van der Waals surface area contributed by atoms with E-state index in [1.54, 1.807) is 14.7 Å². The van der Waals surface area contributed by atoms with Crippen LogP contribution in [0.1, 0.15) is 80.1 Å². The predicted molar refractivity (Wildman–Crippen MR) is 129 cm³/mol. The lowest BCUT2D eigenvalue weighted by atomic mass is 9.34. The minimum absolute atomic E-state index is 0.0873. The molecule has 192 valence electrons. The molecule has 0 radical (unpaired) electrons. The molecule has 4 aliphatic rings. The zero-order chi connectivity index (χ0) is 25.5. The lowest BCUT2D eigenvalue weighted by Gasteiger charge is -2.68. The second-order valence-electron chi connectivity index (χ2n) is 10.9. The van der Waals surface area contributed by atoms with Crippen molar-refractivity contribution in [1.29, 1.82) is 0 Å². The normalized spacial score (nSPS) is 33.5. The van der Waals surface area contributed by atoms with Crippen LogP contribution in [0.15, 0.2) is 0 Å². The number of carbonyl (C=O) groups excluding carboxylic acids is 3. The third-order valence-corrected chi connectivity index (χ3v) is 9.03. The van der Waals surface area contributed by atoms with Crippen molar-refractivity contribution in [3.05, 3.63) is 0 Å². The third-order valence-electron chi connectivity index (χ3n) is 9.03. The van der Waals surface area contributed by atoms with Crippen molar-refractivity contribution in [2.24, 2.45) is 21.7 Å². The number of hydrogen-bond acceptors (Lipinski definition) is 4. The highest BCUT2D eigenvalue weighted by atomic mass is 16.4. The summed E-state index contributed by atoms with van der Waals surface area (Å²) in [5.74, 6) is -1.24. The van der Waals surface area contributed by atoms with Gasteiger partial charge < -0.3 is 19.8 Å². The molecule has 4 bridgehead atoms. The lowest BCUT2D eigenvalue weighted by molar-refractivity contribution is -0.223. The zero-order valence-electron chi connectivity index (χ0n) is 21.9. The fraction of sp³-hybridized carbons (Fsp3) is 0.846. The van der Waals surface area contributed by atoms with E-state index in [0.29, 0.717) is 58.5 Å². The number of aliphatic carboxylic acids is 1. The van der Waals surface area contributed by atoms with E-state index in [9.17, 15) is 24.3 Å². The van der Waals surface area contributed by atoms with E-state index in [-0.39, 0.29) is 37.0 Å². The van der Waals surface area contributed by atoms with Crippen molar-refractivity contribution in [2.75, 3.05) is 39.3 Å². The van der Waals surface area contributed by atoms with Crippen molar-refractivity contribution in [2.45, 2.75) is 80.1 Å². The molecule has 4 rings (SSSR count). The number of carbonyl (C=O) groups is 4. The highest BCUT2D eigenvalue weighted by Gasteiger charge is 2.76. The van der Waals surface area contributed by atoms with Crippen LogP contribution in [0, 0.1) is 21.7 Å². The highest BCUT2D eigenvalue weighted by Crippen LogP contribution is 2.75. The van der Waals surface area contributed by atoms with Gasteiger partial charge in [0.05, 0.1) is 21.7 Å². The minimum Gasteiger partial charge on any atom is -0.481 e. The van der Waals surface area contributed by atoms with Crippen LogP contribution in [-0.4, -0.2) is 82.8 Å². The molecule has 4 aliphatic carbocycles. The maximum atomic E-state index is 14.1. The topological polar surface area (TPSA) is 98.2 Å². The fourth-order valence-electron chi connectivity index (χ4n) is 8.08. The molecular weight excluding hydrogens is 434 g/mol. The summed E-state index contributed by atoms with van der Waals surface area (Å²) in [6, 6.07) is 0. The summed E-state index contributed by atoms with van der Waals surface area (Å²) in [6.45, 7) is 14.6. The van der Waals surface area contributed by atoms with Gasteiger partial charge >= 0.3 is 5.97 Å². The monoisotopic (exact) mass is 477 g/mol. The summed E-state index contributed by atoms with van der Waals surface area (Å²) in [4.78, 5) is 60.3. The van der Waals surface area contributed by atoms with Crippen LogP contribution in [-0.2, 0) is 19.2 Å². The average Bonchev–Trinajstić information content (AvgIpc) is 2.80. The maximum Gasteiger partial charge on any atom is 0.309 e. The van der Waals surface area contributed by atoms with E-state index in [2.05, 4.69) is 0 Å². The van der Waals surface area contributed by atoms with Crippen LogP contribution >= 0.6 is 0 Å². The molecule has 1 N–H and O–H groups in total. The van der Waals surface area contributed by atoms with Gasteiger partial charge in [0.2, 0.25) is 17.7 Å². The average molecular weight is 478 g/mol. The molecule has 0 saturated heterocycles. The molecule has 0 aromatic heterocycles. The van der Waals surface area contributed by atoms with Crippen LogP contribution < -0.4 is 0 Å². The molecule has 8 nitrogen and oxygen atoms in total. The Morgan fingerprint density at radius 1 is 0.500 bits per heavy atom. The van der Waals surface area contributed by atoms with E-state index in [1.807, 2.05) is 41.5 Å².